The molecule has 0 aliphatic carbocycles. The van der Waals surface area contributed by atoms with Gasteiger partial charge in [0.25, 0.3) is 5.91 Å². The van der Waals surface area contributed by atoms with Crippen LogP contribution in [0.1, 0.15) is 47.6 Å². The van der Waals surface area contributed by atoms with Crippen LogP contribution in [0.2, 0.25) is 5.02 Å². The molecule has 2 aromatic carbocycles. The minimum absolute atomic E-state index is 0.124. The van der Waals surface area contributed by atoms with Crippen molar-refractivity contribution in [2.24, 2.45) is 4.99 Å². The lowest BCUT2D eigenvalue weighted by atomic mass is 10.0. The average molecular weight is 582 g/mol. The molecule has 3 rings (SSSR count). The molecule has 0 radical (unpaired) electrons. The Balaban J connectivity index is 1.63. The Kier molecular flexibility index (Phi) is 9.68. The quantitative estimate of drug-likeness (QED) is 0.279. The van der Waals surface area contributed by atoms with E-state index < -0.39 is 42.9 Å². The summed E-state index contributed by atoms with van der Waals surface area (Å²) in [7, 11) is 0. The van der Waals surface area contributed by atoms with E-state index in [9.17, 15) is 29.7 Å². The van der Waals surface area contributed by atoms with Crippen LogP contribution < -0.4 is 16.0 Å². The average Bonchev–Trinajstić information content (AvgIpc) is 3.03. The van der Waals surface area contributed by atoms with Crippen molar-refractivity contribution in [1.82, 2.24) is 10.6 Å². The Morgan fingerprint density at radius 2 is 1.97 bits per heavy atom. The van der Waals surface area contributed by atoms with Crippen LogP contribution in [0.3, 0.4) is 0 Å². The molecule has 2 amide bonds. The minimum Gasteiger partial charge on any atom is -0.506 e. The van der Waals surface area contributed by atoms with Gasteiger partial charge in [-0.15, -0.1) is 0 Å². The summed E-state index contributed by atoms with van der Waals surface area (Å²) in [5.74, 6) is -2.18. The lowest BCUT2D eigenvalue weighted by Crippen LogP contribution is -2.39. The number of carbonyl (C=O) groups is 3. The van der Waals surface area contributed by atoms with Gasteiger partial charge in [0.2, 0.25) is 5.91 Å². The molecule has 36 heavy (non-hydrogen) atoms. The SMILES string of the molecule is O=C(O)C[C@H](NC(=O)CNC(=O)c1cccc(NC2=NCCCCC2O)c1)c1cc(Cl)cc(Br)c1O. The zero-order chi connectivity index (χ0) is 26.2. The maximum Gasteiger partial charge on any atom is 0.305 e. The van der Waals surface area contributed by atoms with Crippen LogP contribution in [0, 0.1) is 0 Å². The molecule has 192 valence electrons. The van der Waals surface area contributed by atoms with Gasteiger partial charge >= 0.3 is 5.97 Å². The molecule has 10 nitrogen and oxygen atoms in total. The third kappa shape index (κ3) is 7.67. The van der Waals surface area contributed by atoms with Crippen LogP contribution in [-0.2, 0) is 9.59 Å². The van der Waals surface area contributed by atoms with Gasteiger partial charge in [0.15, 0.2) is 0 Å². The summed E-state index contributed by atoms with van der Waals surface area (Å²) in [5, 5.41) is 38.1. The first kappa shape index (κ1) is 27.4. The number of phenolic OH excluding ortho intramolecular Hbond substituents is 1. The highest BCUT2D eigenvalue weighted by Gasteiger charge is 2.23. The number of carboxylic acids is 1. The molecule has 1 aliphatic rings. The number of nitrogens with one attached hydrogen (secondary N) is 3. The smallest absolute Gasteiger partial charge is 0.305 e. The number of carbonyl (C=O) groups excluding carboxylic acids is 2. The van der Waals surface area contributed by atoms with E-state index in [1.807, 2.05) is 0 Å². The number of phenols is 1. The summed E-state index contributed by atoms with van der Waals surface area (Å²) in [6.45, 7) is 0.183. The van der Waals surface area contributed by atoms with Crippen molar-refractivity contribution in [3.8, 4) is 5.75 Å². The number of nitrogens with zero attached hydrogens (tertiary/aromatic N) is 1. The van der Waals surface area contributed by atoms with Crippen LogP contribution in [-0.4, -0.2) is 58.1 Å². The number of hydrogen-bond donors (Lipinski definition) is 6. The van der Waals surface area contributed by atoms with Crippen molar-refractivity contribution in [1.29, 1.82) is 0 Å². The lowest BCUT2D eigenvalue weighted by molar-refractivity contribution is -0.137. The first-order valence-corrected chi connectivity index (χ1v) is 12.4. The van der Waals surface area contributed by atoms with Gasteiger partial charge in [-0.05, 0) is 65.5 Å². The first-order chi connectivity index (χ1) is 17.1. The predicted octanol–water partition coefficient (Wildman–Crippen LogP) is 3.23. The number of amides is 2. The molecule has 1 aliphatic heterocycles. The molecule has 0 spiro atoms. The lowest BCUT2D eigenvalue weighted by Gasteiger charge is -2.20. The summed E-state index contributed by atoms with van der Waals surface area (Å²) in [6.07, 6.45) is 1.17. The monoisotopic (exact) mass is 580 g/mol. The number of rotatable bonds is 8. The van der Waals surface area contributed by atoms with Crippen molar-refractivity contribution in [2.45, 2.75) is 37.8 Å². The summed E-state index contributed by atoms with van der Waals surface area (Å²) < 4.78 is 0.249. The maximum atomic E-state index is 12.6. The third-order valence-corrected chi connectivity index (χ3v) is 6.26. The van der Waals surface area contributed by atoms with Gasteiger partial charge in [0.1, 0.15) is 17.7 Å². The second-order valence-corrected chi connectivity index (χ2v) is 9.50. The van der Waals surface area contributed by atoms with E-state index in [0.717, 1.165) is 12.8 Å². The number of aromatic hydroxyl groups is 1. The number of amidine groups is 1. The van der Waals surface area contributed by atoms with Gasteiger partial charge in [-0.3, -0.25) is 19.4 Å². The van der Waals surface area contributed by atoms with Crippen molar-refractivity contribution in [2.75, 3.05) is 18.4 Å². The van der Waals surface area contributed by atoms with E-state index in [1.165, 1.54) is 12.1 Å². The number of hydrogen-bond acceptors (Lipinski definition) is 7. The molecule has 1 unspecified atom stereocenters. The fraction of sp³-hybridized carbons (Fsp3) is 0.333. The minimum atomic E-state index is -1.20. The summed E-state index contributed by atoms with van der Waals surface area (Å²) in [4.78, 5) is 40.8. The fourth-order valence-corrected chi connectivity index (χ4v) is 4.51. The van der Waals surface area contributed by atoms with Gasteiger partial charge in [0, 0.05) is 28.4 Å². The van der Waals surface area contributed by atoms with E-state index in [-0.39, 0.29) is 26.4 Å². The number of carboxylic acid groups (broad SMARTS) is 1. The van der Waals surface area contributed by atoms with E-state index >= 15 is 0 Å². The Bertz CT molecular complexity index is 1180. The standard InChI is InChI=1S/C24H26BrClN4O6/c25-17-10-14(26)9-16(22(17)35)18(11-21(33)34)30-20(32)12-28-24(36)13-4-3-5-15(8-13)29-23-19(31)6-1-2-7-27-23/h3-5,8-10,18-19,31,35H,1-2,6-7,11-12H2,(H,27,29)(H,28,36)(H,30,32)(H,33,34)/t18-,19?/m0/s1. The highest BCUT2D eigenvalue weighted by Crippen LogP contribution is 2.36. The number of benzene rings is 2. The Hall–Kier alpha value is -3.15. The summed E-state index contributed by atoms with van der Waals surface area (Å²) in [6, 6.07) is 8.25. The third-order valence-electron chi connectivity index (χ3n) is 5.44. The first-order valence-electron chi connectivity index (χ1n) is 11.2. The number of aliphatic hydroxyl groups excluding tert-OH is 1. The molecule has 0 fully saturated rings. The van der Waals surface area contributed by atoms with Crippen LogP contribution >= 0.6 is 27.5 Å². The molecule has 2 atom stereocenters. The maximum absolute atomic E-state index is 12.6. The summed E-state index contributed by atoms with van der Waals surface area (Å²) >= 11 is 9.15. The van der Waals surface area contributed by atoms with E-state index in [4.69, 9.17) is 11.6 Å². The number of anilines is 1. The van der Waals surface area contributed by atoms with Crippen LogP contribution in [0.15, 0.2) is 45.9 Å². The van der Waals surface area contributed by atoms with E-state index in [0.29, 0.717) is 24.5 Å². The topological polar surface area (TPSA) is 160 Å². The normalized spacial score (nSPS) is 16.3. The van der Waals surface area contributed by atoms with Crippen molar-refractivity contribution < 1.29 is 29.7 Å². The van der Waals surface area contributed by atoms with E-state index in [2.05, 4.69) is 36.9 Å². The number of halogens is 2. The van der Waals surface area contributed by atoms with Gasteiger partial charge in [-0.25, -0.2) is 0 Å². The number of aliphatic hydroxyl groups is 1. The molecule has 0 saturated carbocycles. The molecule has 0 bridgehead atoms. The number of aliphatic imine (C=N–C) groups is 1. The fourth-order valence-electron chi connectivity index (χ4n) is 3.67. The van der Waals surface area contributed by atoms with Crippen molar-refractivity contribution in [3.05, 3.63) is 57.0 Å². The Labute approximate surface area is 220 Å². The summed E-state index contributed by atoms with van der Waals surface area (Å²) in [5.41, 5.74) is 0.962. The molecular weight excluding hydrogens is 556 g/mol. The molecular formula is C24H26BrClN4O6. The van der Waals surface area contributed by atoms with Crippen molar-refractivity contribution in [3.63, 3.8) is 0 Å². The molecule has 0 aromatic heterocycles. The van der Waals surface area contributed by atoms with Gasteiger partial charge < -0.3 is 31.3 Å². The molecule has 6 N–H and O–H groups in total. The predicted molar refractivity (Wildman–Crippen MR) is 139 cm³/mol. The highest BCUT2D eigenvalue weighted by molar-refractivity contribution is 9.10. The number of aliphatic carboxylic acids is 1. The van der Waals surface area contributed by atoms with Gasteiger partial charge in [-0.1, -0.05) is 17.7 Å². The van der Waals surface area contributed by atoms with Crippen LogP contribution in [0.5, 0.6) is 5.75 Å². The zero-order valence-electron chi connectivity index (χ0n) is 19.1. The van der Waals surface area contributed by atoms with Gasteiger partial charge in [-0.2, -0.15) is 0 Å². The van der Waals surface area contributed by atoms with Crippen LogP contribution in [0.25, 0.3) is 0 Å². The Morgan fingerprint density at radius 3 is 2.72 bits per heavy atom. The molecule has 12 heteroatoms. The largest absolute Gasteiger partial charge is 0.506 e. The van der Waals surface area contributed by atoms with E-state index in [1.54, 1.807) is 24.3 Å². The Morgan fingerprint density at radius 1 is 1.19 bits per heavy atom. The van der Waals surface area contributed by atoms with Crippen molar-refractivity contribution >= 4 is 56.8 Å². The molecule has 0 saturated heterocycles. The van der Waals surface area contributed by atoms with Gasteiger partial charge in [0.05, 0.1) is 23.5 Å². The molecule has 1 heterocycles. The second-order valence-electron chi connectivity index (χ2n) is 8.21. The highest BCUT2D eigenvalue weighted by atomic mass is 79.9. The molecule has 2 aromatic rings. The second kappa shape index (κ2) is 12.7. The van der Waals surface area contributed by atoms with Crippen LogP contribution in [0.4, 0.5) is 5.69 Å². The zero-order valence-corrected chi connectivity index (χ0v) is 21.5.